The molecule has 0 radical (unpaired) electrons. The zero-order chi connectivity index (χ0) is 24.7. The van der Waals surface area contributed by atoms with Crippen LogP contribution in [0.3, 0.4) is 0 Å². The lowest BCUT2D eigenvalue weighted by Crippen LogP contribution is -2.17. The number of nitrogens with zero attached hydrogens (tertiary/aromatic N) is 1. The zero-order valence-corrected chi connectivity index (χ0v) is 22.9. The highest BCUT2D eigenvalue weighted by atomic mass is 79.9. The highest BCUT2D eigenvalue weighted by Crippen LogP contribution is 2.33. The SMILES string of the molecule is CCOc1ccc(C(=O)N/N=C/c2cc(Br)cc(Br)c2OCc2ccc(Cl)cc2Cl)cc1OC. The van der Waals surface area contributed by atoms with Gasteiger partial charge in [-0.2, -0.15) is 5.10 Å². The second-order valence-electron chi connectivity index (χ2n) is 6.83. The molecule has 1 amide bonds. The third kappa shape index (κ3) is 6.88. The van der Waals surface area contributed by atoms with Gasteiger partial charge in [-0.05, 0) is 65.3 Å². The number of carbonyl (C=O) groups excluding carboxylic acids is 1. The van der Waals surface area contributed by atoms with E-state index in [4.69, 9.17) is 37.4 Å². The van der Waals surface area contributed by atoms with Crippen LogP contribution in [0.2, 0.25) is 10.0 Å². The minimum atomic E-state index is -0.401. The predicted octanol–water partition coefficient (Wildman–Crippen LogP) is 7.27. The summed E-state index contributed by atoms with van der Waals surface area (Å²) >= 11 is 19.2. The van der Waals surface area contributed by atoms with Crippen LogP contribution in [0.1, 0.15) is 28.4 Å². The molecule has 0 aliphatic rings. The molecule has 178 valence electrons. The van der Waals surface area contributed by atoms with E-state index in [1.54, 1.807) is 36.4 Å². The molecule has 34 heavy (non-hydrogen) atoms. The topological polar surface area (TPSA) is 69.2 Å². The lowest BCUT2D eigenvalue weighted by atomic mass is 10.2. The second-order valence-corrected chi connectivity index (χ2v) is 9.44. The predicted molar refractivity (Wildman–Crippen MR) is 142 cm³/mol. The van der Waals surface area contributed by atoms with Crippen molar-refractivity contribution in [1.82, 2.24) is 5.43 Å². The molecule has 0 aliphatic carbocycles. The molecule has 0 bridgehead atoms. The largest absolute Gasteiger partial charge is 0.493 e. The van der Waals surface area contributed by atoms with E-state index in [1.165, 1.54) is 13.3 Å². The van der Waals surface area contributed by atoms with Crippen molar-refractivity contribution >= 4 is 67.2 Å². The first kappa shape index (κ1) is 26.3. The number of nitrogens with one attached hydrogen (secondary N) is 1. The molecule has 3 aromatic carbocycles. The van der Waals surface area contributed by atoms with Gasteiger partial charge in [-0.15, -0.1) is 0 Å². The number of hydrogen-bond acceptors (Lipinski definition) is 5. The van der Waals surface area contributed by atoms with E-state index in [2.05, 4.69) is 42.4 Å². The van der Waals surface area contributed by atoms with Crippen molar-refractivity contribution in [2.24, 2.45) is 5.10 Å². The van der Waals surface area contributed by atoms with Gasteiger partial charge < -0.3 is 14.2 Å². The van der Waals surface area contributed by atoms with Gasteiger partial charge >= 0.3 is 0 Å². The molecule has 1 N–H and O–H groups in total. The lowest BCUT2D eigenvalue weighted by molar-refractivity contribution is 0.0954. The summed E-state index contributed by atoms with van der Waals surface area (Å²) in [5.74, 6) is 1.16. The first-order valence-electron chi connectivity index (χ1n) is 10.0. The van der Waals surface area contributed by atoms with Crippen LogP contribution >= 0.6 is 55.1 Å². The van der Waals surface area contributed by atoms with E-state index < -0.39 is 5.91 Å². The zero-order valence-electron chi connectivity index (χ0n) is 18.2. The van der Waals surface area contributed by atoms with Gasteiger partial charge in [-0.25, -0.2) is 5.43 Å². The van der Waals surface area contributed by atoms with Gasteiger partial charge in [0.15, 0.2) is 11.5 Å². The van der Waals surface area contributed by atoms with Crippen LogP contribution in [0.5, 0.6) is 17.2 Å². The molecule has 3 rings (SSSR count). The van der Waals surface area contributed by atoms with Crippen molar-refractivity contribution in [3.05, 3.63) is 84.2 Å². The summed E-state index contributed by atoms with van der Waals surface area (Å²) in [7, 11) is 1.52. The summed E-state index contributed by atoms with van der Waals surface area (Å²) in [4.78, 5) is 12.6. The Kier molecular flexibility index (Phi) is 9.64. The number of rotatable bonds is 9. The van der Waals surface area contributed by atoms with Crippen LogP contribution in [0.4, 0.5) is 0 Å². The van der Waals surface area contributed by atoms with E-state index in [-0.39, 0.29) is 6.61 Å². The molecule has 0 aliphatic heterocycles. The van der Waals surface area contributed by atoms with Gasteiger partial charge in [-0.1, -0.05) is 45.2 Å². The number of methoxy groups -OCH3 is 1. The highest BCUT2D eigenvalue weighted by Gasteiger charge is 2.13. The van der Waals surface area contributed by atoms with Crippen LogP contribution in [0, 0.1) is 0 Å². The van der Waals surface area contributed by atoms with E-state index >= 15 is 0 Å². The fraction of sp³-hybridized carbons (Fsp3) is 0.167. The van der Waals surface area contributed by atoms with Crippen molar-refractivity contribution < 1.29 is 19.0 Å². The molecule has 0 heterocycles. The van der Waals surface area contributed by atoms with Gasteiger partial charge in [0.05, 0.1) is 24.4 Å². The molecule has 0 aromatic heterocycles. The summed E-state index contributed by atoms with van der Waals surface area (Å²) in [6, 6.07) is 13.8. The van der Waals surface area contributed by atoms with Crippen LogP contribution < -0.4 is 19.6 Å². The minimum Gasteiger partial charge on any atom is -0.493 e. The summed E-state index contributed by atoms with van der Waals surface area (Å²) in [5, 5.41) is 5.15. The number of halogens is 4. The molecule has 0 unspecified atom stereocenters. The Labute approximate surface area is 224 Å². The maximum atomic E-state index is 12.6. The molecule has 0 fully saturated rings. The van der Waals surface area contributed by atoms with E-state index in [9.17, 15) is 4.79 Å². The minimum absolute atomic E-state index is 0.218. The van der Waals surface area contributed by atoms with Gasteiger partial charge in [0.2, 0.25) is 0 Å². The number of hydrogen-bond donors (Lipinski definition) is 1. The van der Waals surface area contributed by atoms with Crippen molar-refractivity contribution in [3.8, 4) is 17.2 Å². The maximum Gasteiger partial charge on any atom is 0.271 e. The molecular weight excluding hydrogens is 611 g/mol. The van der Waals surface area contributed by atoms with Gasteiger partial charge in [0, 0.05) is 31.2 Å². The Morgan fingerprint density at radius 1 is 1.06 bits per heavy atom. The van der Waals surface area contributed by atoms with E-state index in [0.717, 1.165) is 10.0 Å². The van der Waals surface area contributed by atoms with Crippen molar-refractivity contribution in [2.75, 3.05) is 13.7 Å². The molecule has 6 nitrogen and oxygen atoms in total. The first-order chi connectivity index (χ1) is 16.3. The second kappa shape index (κ2) is 12.4. The average Bonchev–Trinajstić information content (AvgIpc) is 2.80. The van der Waals surface area contributed by atoms with Crippen LogP contribution in [-0.2, 0) is 6.61 Å². The molecule has 3 aromatic rings. The Balaban J connectivity index is 1.75. The molecular formula is C24H20Br2Cl2N2O4. The van der Waals surface area contributed by atoms with E-state index in [1.807, 2.05) is 19.1 Å². The summed E-state index contributed by atoms with van der Waals surface area (Å²) in [6.45, 7) is 2.58. The Morgan fingerprint density at radius 2 is 1.85 bits per heavy atom. The monoisotopic (exact) mass is 628 g/mol. The quantitative estimate of drug-likeness (QED) is 0.199. The molecule has 0 saturated heterocycles. The summed E-state index contributed by atoms with van der Waals surface area (Å²) in [5.41, 5.74) is 4.31. The fourth-order valence-corrected chi connectivity index (χ4v) is 4.76. The van der Waals surface area contributed by atoms with Crippen LogP contribution in [0.25, 0.3) is 0 Å². The molecule has 0 atom stereocenters. The average molecular weight is 631 g/mol. The highest BCUT2D eigenvalue weighted by molar-refractivity contribution is 9.11. The van der Waals surface area contributed by atoms with E-state index in [0.29, 0.717) is 49.5 Å². The standard InChI is InChI=1S/C24H20Br2Cl2N2O4/c1-3-33-21-7-5-14(9-22(21)32-2)24(31)30-29-12-16-8-17(25)10-19(26)23(16)34-13-15-4-6-18(27)11-20(15)28/h4-12H,3,13H2,1-2H3,(H,30,31)/b29-12+. The summed E-state index contributed by atoms with van der Waals surface area (Å²) in [6.07, 6.45) is 1.50. The normalized spacial score (nSPS) is 10.9. The number of carbonyl (C=O) groups is 1. The van der Waals surface area contributed by atoms with Gasteiger partial charge in [0.25, 0.3) is 5.91 Å². The lowest BCUT2D eigenvalue weighted by Gasteiger charge is -2.13. The maximum absolute atomic E-state index is 12.6. The first-order valence-corrected chi connectivity index (χ1v) is 12.4. The van der Waals surface area contributed by atoms with Crippen molar-refractivity contribution in [1.29, 1.82) is 0 Å². The third-order valence-electron chi connectivity index (χ3n) is 4.52. The number of hydrazone groups is 1. The van der Waals surface area contributed by atoms with Crippen molar-refractivity contribution in [2.45, 2.75) is 13.5 Å². The van der Waals surface area contributed by atoms with Crippen LogP contribution in [-0.4, -0.2) is 25.8 Å². The Hall–Kier alpha value is -2.26. The molecule has 0 saturated carbocycles. The Bertz CT molecular complexity index is 1220. The van der Waals surface area contributed by atoms with Crippen molar-refractivity contribution in [3.63, 3.8) is 0 Å². The van der Waals surface area contributed by atoms with Gasteiger partial charge in [0.1, 0.15) is 12.4 Å². The fourth-order valence-electron chi connectivity index (χ4n) is 2.93. The van der Waals surface area contributed by atoms with Crippen LogP contribution in [0.15, 0.2) is 62.6 Å². The van der Waals surface area contributed by atoms with Gasteiger partial charge in [-0.3, -0.25) is 4.79 Å². The third-order valence-corrected chi connectivity index (χ3v) is 6.15. The summed E-state index contributed by atoms with van der Waals surface area (Å²) < 4.78 is 18.3. The number of amides is 1. The number of ether oxygens (including phenoxy) is 3. The Morgan fingerprint density at radius 3 is 2.56 bits per heavy atom. The number of benzene rings is 3. The smallest absolute Gasteiger partial charge is 0.271 e. The molecule has 10 heteroatoms. The molecule has 0 spiro atoms.